The van der Waals surface area contributed by atoms with Gasteiger partial charge in [0.05, 0.1) is 10.7 Å². The summed E-state index contributed by atoms with van der Waals surface area (Å²) in [5, 5.41) is 5.15. The Morgan fingerprint density at radius 2 is 1.97 bits per heavy atom. The Kier molecular flexibility index (Phi) is 5.91. The van der Waals surface area contributed by atoms with Crippen LogP contribution < -0.4 is 10.0 Å². The van der Waals surface area contributed by atoms with Crippen molar-refractivity contribution in [3.63, 3.8) is 0 Å². The highest BCUT2D eigenvalue weighted by Crippen LogP contribution is 2.65. The Hall–Kier alpha value is -0.840. The van der Waals surface area contributed by atoms with Crippen LogP contribution in [0.3, 0.4) is 0 Å². The summed E-state index contributed by atoms with van der Waals surface area (Å²) in [5.41, 5.74) is 0.327. The molecule has 12 heteroatoms. The molecular formula is C18H20Cl3FN4O2S2. The van der Waals surface area contributed by atoms with Crippen molar-refractivity contribution in [1.82, 2.24) is 9.88 Å². The summed E-state index contributed by atoms with van der Waals surface area (Å²) in [6.45, 7) is 0. The van der Waals surface area contributed by atoms with Crippen LogP contribution in [-0.4, -0.2) is 48.8 Å². The number of nitrogens with one attached hydrogen (secondary N) is 2. The number of hydrogen-bond donors (Lipinski definition) is 2. The van der Waals surface area contributed by atoms with Crippen molar-refractivity contribution in [3.8, 4) is 0 Å². The van der Waals surface area contributed by atoms with Gasteiger partial charge in [0.25, 0.3) is 10.0 Å². The van der Waals surface area contributed by atoms with E-state index >= 15 is 0 Å². The smallest absolute Gasteiger partial charge is 0.266 e. The Bertz CT molecular complexity index is 1050. The van der Waals surface area contributed by atoms with Gasteiger partial charge in [-0.2, -0.15) is 0 Å². The summed E-state index contributed by atoms with van der Waals surface area (Å²) in [6.07, 6.45) is 2.97. The van der Waals surface area contributed by atoms with E-state index in [0.29, 0.717) is 12.1 Å². The summed E-state index contributed by atoms with van der Waals surface area (Å²) >= 11 is 20.2. The standard InChI is InChI=1S/C18H20Cl3FN4O2S2/c1-26(2)15-6-10-9(18(10,20)21)5-14(15)24-13-8-12(22)16(7-11(13)19)30(27,28)25-17-23-3-4-29-17/h3-4,7-10,14-15,24H,5-6H2,1-2H3,(H,23,25)/t9-,10+,14-,15-/m1/s1. The van der Waals surface area contributed by atoms with Crippen LogP contribution in [0.2, 0.25) is 5.02 Å². The molecule has 0 spiro atoms. The third-order valence-electron chi connectivity index (χ3n) is 5.80. The van der Waals surface area contributed by atoms with Gasteiger partial charge in [-0.1, -0.05) is 11.6 Å². The van der Waals surface area contributed by atoms with Crippen molar-refractivity contribution in [1.29, 1.82) is 0 Å². The summed E-state index contributed by atoms with van der Waals surface area (Å²) in [5.74, 6) is -0.500. The first-order valence-electron chi connectivity index (χ1n) is 9.23. The lowest BCUT2D eigenvalue weighted by Gasteiger charge is -2.36. The zero-order valence-electron chi connectivity index (χ0n) is 16.1. The molecule has 4 rings (SSSR count). The average molecular weight is 514 g/mol. The number of halogens is 4. The molecule has 0 bridgehead atoms. The van der Waals surface area contributed by atoms with Crippen LogP contribution in [0, 0.1) is 17.7 Å². The van der Waals surface area contributed by atoms with Crippen molar-refractivity contribution in [3.05, 3.63) is 34.5 Å². The molecule has 30 heavy (non-hydrogen) atoms. The first-order valence-corrected chi connectivity index (χ1v) is 12.7. The second kappa shape index (κ2) is 7.94. The summed E-state index contributed by atoms with van der Waals surface area (Å²) in [7, 11) is -0.227. The molecule has 2 saturated carbocycles. The topological polar surface area (TPSA) is 74.3 Å². The predicted molar refractivity (Wildman–Crippen MR) is 120 cm³/mol. The lowest BCUT2D eigenvalue weighted by atomic mass is 9.89. The number of aromatic nitrogens is 1. The molecule has 0 amide bonds. The third-order valence-corrected chi connectivity index (χ3v) is 9.41. The van der Waals surface area contributed by atoms with Gasteiger partial charge in [0.15, 0.2) is 5.13 Å². The lowest BCUT2D eigenvalue weighted by Crippen LogP contribution is -2.46. The Balaban J connectivity index is 1.57. The summed E-state index contributed by atoms with van der Waals surface area (Å²) in [4.78, 5) is 5.40. The number of likely N-dealkylation sites (N-methyl/N-ethyl adjacent to an activating group) is 1. The monoisotopic (exact) mass is 512 g/mol. The maximum atomic E-state index is 14.8. The molecule has 4 atom stereocenters. The number of rotatable bonds is 6. The van der Waals surface area contributed by atoms with Crippen LogP contribution in [0.25, 0.3) is 0 Å². The van der Waals surface area contributed by atoms with Gasteiger partial charge in [-0.3, -0.25) is 4.72 Å². The van der Waals surface area contributed by atoms with Gasteiger partial charge in [-0.15, -0.1) is 34.5 Å². The van der Waals surface area contributed by atoms with Crippen LogP contribution in [-0.2, 0) is 10.0 Å². The van der Waals surface area contributed by atoms with Crippen LogP contribution in [0.5, 0.6) is 0 Å². The molecule has 1 heterocycles. The first kappa shape index (κ1) is 22.4. The molecule has 1 aromatic heterocycles. The minimum absolute atomic E-state index is 0.0616. The van der Waals surface area contributed by atoms with E-state index in [0.717, 1.165) is 29.9 Å². The molecule has 2 fully saturated rings. The molecule has 0 saturated heterocycles. The number of benzene rings is 1. The van der Waals surface area contributed by atoms with Gasteiger partial charge in [-0.25, -0.2) is 17.8 Å². The van der Waals surface area contributed by atoms with Crippen molar-refractivity contribution < 1.29 is 12.8 Å². The maximum Gasteiger partial charge on any atom is 0.266 e. The normalized spacial score (nSPS) is 27.6. The zero-order chi connectivity index (χ0) is 21.8. The zero-order valence-corrected chi connectivity index (χ0v) is 20.0. The van der Waals surface area contributed by atoms with Crippen molar-refractivity contribution in [2.24, 2.45) is 11.8 Å². The Morgan fingerprint density at radius 1 is 1.27 bits per heavy atom. The van der Waals surface area contributed by atoms with E-state index in [9.17, 15) is 12.8 Å². The van der Waals surface area contributed by atoms with E-state index in [2.05, 4.69) is 19.9 Å². The fourth-order valence-corrected chi connectivity index (χ4v) is 7.17. The van der Waals surface area contributed by atoms with E-state index in [1.54, 1.807) is 5.38 Å². The van der Waals surface area contributed by atoms with Crippen molar-refractivity contribution >= 4 is 67.0 Å². The van der Waals surface area contributed by atoms with Gasteiger partial charge >= 0.3 is 0 Å². The fraction of sp³-hybridized carbons (Fsp3) is 0.500. The quantitative estimate of drug-likeness (QED) is 0.550. The van der Waals surface area contributed by atoms with Crippen LogP contribution in [0.4, 0.5) is 15.2 Å². The lowest BCUT2D eigenvalue weighted by molar-refractivity contribution is 0.204. The fourth-order valence-electron chi connectivity index (χ4n) is 4.17. The molecule has 0 radical (unpaired) electrons. The molecule has 2 N–H and O–H groups in total. The molecule has 2 aliphatic carbocycles. The number of fused-ring (bicyclic) bond motifs is 1. The second-order valence-electron chi connectivity index (χ2n) is 7.85. The Labute approximate surface area is 193 Å². The second-order valence-corrected chi connectivity index (χ2v) is 12.2. The number of anilines is 2. The van der Waals surface area contributed by atoms with Crippen LogP contribution in [0.15, 0.2) is 28.6 Å². The van der Waals surface area contributed by atoms with Gasteiger partial charge < -0.3 is 10.2 Å². The predicted octanol–water partition coefficient (Wildman–Crippen LogP) is 4.66. The molecular weight excluding hydrogens is 494 g/mol. The largest absolute Gasteiger partial charge is 0.379 e. The molecule has 0 aliphatic heterocycles. The Morgan fingerprint density at radius 3 is 2.60 bits per heavy atom. The van der Waals surface area contributed by atoms with E-state index in [1.807, 2.05) is 14.1 Å². The van der Waals surface area contributed by atoms with E-state index in [4.69, 9.17) is 34.8 Å². The van der Waals surface area contributed by atoms with Crippen LogP contribution >= 0.6 is 46.1 Å². The molecule has 1 aromatic carbocycles. The molecule has 6 nitrogen and oxygen atoms in total. The van der Waals surface area contributed by atoms with E-state index in [1.165, 1.54) is 6.20 Å². The third kappa shape index (κ3) is 4.12. The summed E-state index contributed by atoms with van der Waals surface area (Å²) in [6, 6.07) is 2.28. The van der Waals surface area contributed by atoms with Crippen molar-refractivity contribution in [2.45, 2.75) is 34.2 Å². The van der Waals surface area contributed by atoms with Gasteiger partial charge in [0.2, 0.25) is 0 Å². The first-order chi connectivity index (χ1) is 14.0. The van der Waals surface area contributed by atoms with Crippen LogP contribution in [0.1, 0.15) is 12.8 Å². The molecule has 2 aliphatic rings. The summed E-state index contributed by atoms with van der Waals surface area (Å²) < 4.78 is 41.4. The van der Waals surface area contributed by atoms with Crippen molar-refractivity contribution in [2.75, 3.05) is 24.1 Å². The van der Waals surface area contributed by atoms with E-state index < -0.39 is 25.1 Å². The number of nitrogens with zero attached hydrogens (tertiary/aromatic N) is 2. The van der Waals surface area contributed by atoms with Gasteiger partial charge in [-0.05, 0) is 50.9 Å². The van der Waals surface area contributed by atoms with E-state index in [-0.39, 0.29) is 34.1 Å². The molecule has 0 unspecified atom stereocenters. The minimum atomic E-state index is -4.16. The highest BCUT2D eigenvalue weighted by molar-refractivity contribution is 7.93. The maximum absolute atomic E-state index is 14.8. The SMILES string of the molecule is CN(C)[C@@H]1C[C@H]2[C@@H](C[C@H]1Nc1cc(F)c(S(=O)(=O)Nc3nccs3)cc1Cl)C2(Cl)Cl. The highest BCUT2D eigenvalue weighted by Gasteiger charge is 2.66. The number of thiazole rings is 1. The molecule has 2 aromatic rings. The number of hydrogen-bond acceptors (Lipinski definition) is 6. The van der Waals surface area contributed by atoms with Gasteiger partial charge in [0.1, 0.15) is 15.0 Å². The van der Waals surface area contributed by atoms with Gasteiger partial charge in [0, 0.05) is 23.7 Å². The average Bonchev–Trinajstić information content (AvgIpc) is 2.97. The highest BCUT2D eigenvalue weighted by atomic mass is 35.5. The molecule has 164 valence electrons. The number of sulfonamides is 1. The number of alkyl halides is 2. The minimum Gasteiger partial charge on any atom is -0.379 e.